The van der Waals surface area contributed by atoms with Crippen LogP contribution in [0.2, 0.25) is 0 Å². The lowest BCUT2D eigenvalue weighted by molar-refractivity contribution is 0.381. The molecule has 1 rings (SSSR count). The Bertz CT molecular complexity index is 441. The van der Waals surface area contributed by atoms with Crippen molar-refractivity contribution >= 4 is 33.0 Å². The van der Waals surface area contributed by atoms with E-state index in [0.717, 1.165) is 11.3 Å². The van der Waals surface area contributed by atoms with E-state index in [-0.39, 0.29) is 6.04 Å². The Kier molecular flexibility index (Phi) is 4.79. The Hall–Kier alpha value is -0.100. The summed E-state index contributed by atoms with van der Waals surface area (Å²) >= 11 is 6.90. The summed E-state index contributed by atoms with van der Waals surface area (Å²) in [7, 11) is -1.73. The van der Waals surface area contributed by atoms with Crippen LogP contribution in [-0.2, 0) is 15.9 Å². The molecular formula is C10H16ClNO2S2. The van der Waals surface area contributed by atoms with Crippen LogP contribution in [0.4, 0.5) is 0 Å². The molecule has 6 heteroatoms. The van der Waals surface area contributed by atoms with Crippen LogP contribution in [0, 0.1) is 0 Å². The fraction of sp³-hybridized carbons (Fsp3) is 0.600. The molecule has 1 atom stereocenters. The molecule has 3 nitrogen and oxygen atoms in total. The molecule has 1 aromatic rings. The van der Waals surface area contributed by atoms with E-state index in [1.165, 1.54) is 15.6 Å². The van der Waals surface area contributed by atoms with Gasteiger partial charge in [0.1, 0.15) is 4.21 Å². The summed E-state index contributed by atoms with van der Waals surface area (Å²) in [6, 6.07) is 3.39. The standard InChI is InChI=1S/C10H16ClNO2S2/c1-4-8(2)12(3)16(13,14)10-6-5-9(7-11)15-10/h5-6,8H,4,7H2,1-3H3. The van der Waals surface area contributed by atoms with Crippen molar-refractivity contribution < 1.29 is 8.42 Å². The van der Waals surface area contributed by atoms with Crippen LogP contribution >= 0.6 is 22.9 Å². The molecule has 0 radical (unpaired) electrons. The lowest BCUT2D eigenvalue weighted by Crippen LogP contribution is -2.34. The molecule has 0 aliphatic rings. The monoisotopic (exact) mass is 281 g/mol. The summed E-state index contributed by atoms with van der Waals surface area (Å²) in [4.78, 5) is 0.873. The quantitative estimate of drug-likeness (QED) is 0.778. The average Bonchev–Trinajstić information content (AvgIpc) is 2.75. The SMILES string of the molecule is CCC(C)N(C)S(=O)(=O)c1ccc(CCl)s1. The Labute approximate surface area is 106 Å². The summed E-state index contributed by atoms with van der Waals surface area (Å²) in [5.41, 5.74) is 0. The molecule has 0 fully saturated rings. The molecule has 92 valence electrons. The summed E-state index contributed by atoms with van der Waals surface area (Å²) in [6.07, 6.45) is 0.795. The second-order valence-electron chi connectivity index (χ2n) is 3.63. The second kappa shape index (κ2) is 5.49. The first kappa shape index (κ1) is 14.0. The van der Waals surface area contributed by atoms with Crippen LogP contribution in [0.1, 0.15) is 25.1 Å². The van der Waals surface area contributed by atoms with Crippen LogP contribution in [0.15, 0.2) is 16.3 Å². The largest absolute Gasteiger partial charge is 0.252 e. The van der Waals surface area contributed by atoms with Crippen molar-refractivity contribution in [1.29, 1.82) is 0 Å². The van der Waals surface area contributed by atoms with E-state index >= 15 is 0 Å². The predicted octanol–water partition coefficient (Wildman–Crippen LogP) is 2.91. The number of sulfonamides is 1. The van der Waals surface area contributed by atoms with Gasteiger partial charge in [0, 0.05) is 18.0 Å². The zero-order valence-corrected chi connectivity index (χ0v) is 12.0. The summed E-state index contributed by atoms with van der Waals surface area (Å²) in [5.74, 6) is 0.354. The zero-order chi connectivity index (χ0) is 12.3. The molecule has 1 unspecified atom stereocenters. The normalized spacial score (nSPS) is 14.3. The smallest absolute Gasteiger partial charge is 0.206 e. The van der Waals surface area contributed by atoms with Crippen molar-refractivity contribution in [3.05, 3.63) is 17.0 Å². The van der Waals surface area contributed by atoms with Gasteiger partial charge in [0.15, 0.2) is 0 Å². The van der Waals surface area contributed by atoms with Gasteiger partial charge < -0.3 is 0 Å². The van der Waals surface area contributed by atoms with Crippen molar-refractivity contribution in [1.82, 2.24) is 4.31 Å². The highest BCUT2D eigenvalue weighted by Gasteiger charge is 2.25. The van der Waals surface area contributed by atoms with Gasteiger partial charge in [0.05, 0.1) is 5.88 Å². The number of halogens is 1. The summed E-state index contributed by atoms with van der Waals surface area (Å²) in [5, 5.41) is 0. The van der Waals surface area contributed by atoms with E-state index in [4.69, 9.17) is 11.6 Å². The van der Waals surface area contributed by atoms with Crippen molar-refractivity contribution in [2.24, 2.45) is 0 Å². The van der Waals surface area contributed by atoms with Crippen molar-refractivity contribution in [3.8, 4) is 0 Å². The van der Waals surface area contributed by atoms with Gasteiger partial charge in [-0.2, -0.15) is 4.31 Å². The third-order valence-corrected chi connectivity index (χ3v) is 6.58. The third kappa shape index (κ3) is 2.77. The molecule has 0 aromatic carbocycles. The van der Waals surface area contributed by atoms with Crippen LogP contribution < -0.4 is 0 Å². The number of hydrogen-bond acceptors (Lipinski definition) is 3. The highest BCUT2D eigenvalue weighted by atomic mass is 35.5. The van der Waals surface area contributed by atoms with Gasteiger partial charge in [-0.15, -0.1) is 22.9 Å². The Balaban J connectivity index is 3.01. The molecule has 0 saturated carbocycles. The lowest BCUT2D eigenvalue weighted by Gasteiger charge is -2.22. The summed E-state index contributed by atoms with van der Waals surface area (Å²) in [6.45, 7) is 3.86. The zero-order valence-electron chi connectivity index (χ0n) is 9.60. The molecular weight excluding hydrogens is 266 g/mol. The van der Waals surface area contributed by atoms with Gasteiger partial charge in [-0.25, -0.2) is 8.42 Å². The molecule has 0 N–H and O–H groups in total. The van der Waals surface area contributed by atoms with Gasteiger partial charge in [0.2, 0.25) is 0 Å². The van der Waals surface area contributed by atoms with Crippen molar-refractivity contribution in [3.63, 3.8) is 0 Å². The van der Waals surface area contributed by atoms with Crippen molar-refractivity contribution in [2.45, 2.75) is 36.4 Å². The Morgan fingerprint density at radius 2 is 2.12 bits per heavy atom. The van der Waals surface area contributed by atoms with Crippen LogP contribution in [0.25, 0.3) is 0 Å². The average molecular weight is 282 g/mol. The fourth-order valence-electron chi connectivity index (χ4n) is 1.20. The van der Waals surface area contributed by atoms with Gasteiger partial charge in [-0.05, 0) is 25.5 Å². The van der Waals surface area contributed by atoms with E-state index in [9.17, 15) is 8.42 Å². The maximum absolute atomic E-state index is 12.2. The predicted molar refractivity (Wildman–Crippen MR) is 68.6 cm³/mol. The first-order valence-electron chi connectivity index (χ1n) is 5.06. The number of rotatable bonds is 5. The second-order valence-corrected chi connectivity index (χ2v) is 7.29. The summed E-state index contributed by atoms with van der Waals surface area (Å²) < 4.78 is 26.1. The molecule has 16 heavy (non-hydrogen) atoms. The number of hydrogen-bond donors (Lipinski definition) is 0. The first-order valence-corrected chi connectivity index (χ1v) is 7.85. The Morgan fingerprint density at radius 1 is 1.50 bits per heavy atom. The minimum Gasteiger partial charge on any atom is -0.206 e. The van der Waals surface area contributed by atoms with Crippen LogP contribution in [-0.4, -0.2) is 25.8 Å². The molecule has 0 aliphatic heterocycles. The minimum absolute atomic E-state index is 0.00607. The number of alkyl halides is 1. The topological polar surface area (TPSA) is 37.4 Å². The molecule has 0 amide bonds. The highest BCUT2D eigenvalue weighted by Crippen LogP contribution is 2.26. The molecule has 1 aromatic heterocycles. The molecule has 0 aliphatic carbocycles. The number of nitrogens with zero attached hydrogens (tertiary/aromatic N) is 1. The van der Waals surface area contributed by atoms with Gasteiger partial charge in [-0.3, -0.25) is 0 Å². The maximum atomic E-state index is 12.2. The van der Waals surface area contributed by atoms with Crippen LogP contribution in [0.3, 0.4) is 0 Å². The Morgan fingerprint density at radius 3 is 2.56 bits per heavy atom. The van der Waals surface area contributed by atoms with Gasteiger partial charge in [0.25, 0.3) is 10.0 Å². The lowest BCUT2D eigenvalue weighted by atomic mass is 10.3. The fourth-order valence-corrected chi connectivity index (χ4v) is 4.28. The highest BCUT2D eigenvalue weighted by molar-refractivity contribution is 7.91. The molecule has 0 saturated heterocycles. The van der Waals surface area contributed by atoms with E-state index in [0.29, 0.717) is 10.1 Å². The molecule has 1 heterocycles. The van der Waals surface area contributed by atoms with E-state index in [1.807, 2.05) is 13.8 Å². The first-order chi connectivity index (χ1) is 7.43. The molecule has 0 bridgehead atoms. The molecule has 0 spiro atoms. The number of thiophene rings is 1. The van der Waals surface area contributed by atoms with Crippen molar-refractivity contribution in [2.75, 3.05) is 7.05 Å². The van der Waals surface area contributed by atoms with Crippen LogP contribution in [0.5, 0.6) is 0 Å². The van der Waals surface area contributed by atoms with E-state index in [1.54, 1.807) is 19.2 Å². The van der Waals surface area contributed by atoms with E-state index < -0.39 is 10.0 Å². The minimum atomic E-state index is -3.35. The third-order valence-electron chi connectivity index (χ3n) is 2.61. The van der Waals surface area contributed by atoms with Gasteiger partial charge >= 0.3 is 0 Å². The van der Waals surface area contributed by atoms with Gasteiger partial charge in [-0.1, -0.05) is 6.92 Å². The maximum Gasteiger partial charge on any atom is 0.252 e. The van der Waals surface area contributed by atoms with E-state index in [2.05, 4.69) is 0 Å².